The van der Waals surface area contributed by atoms with Gasteiger partial charge in [-0.2, -0.15) is 0 Å². The van der Waals surface area contributed by atoms with E-state index in [1.807, 2.05) is 20.8 Å². The van der Waals surface area contributed by atoms with Gasteiger partial charge in [0.25, 0.3) is 5.91 Å². The van der Waals surface area contributed by atoms with Crippen molar-refractivity contribution in [3.63, 3.8) is 0 Å². The number of carbonyl (C=O) groups excluding carboxylic acids is 1. The predicted molar refractivity (Wildman–Crippen MR) is 68.4 cm³/mol. The molecule has 1 amide bonds. The number of hydrogen-bond donors (Lipinski definition) is 1. The largest absolute Gasteiger partial charge is 0.350 e. The Balaban J connectivity index is 2.11. The molecule has 7 heteroatoms. The number of carbonyl (C=O) groups is 1. The van der Waals surface area contributed by atoms with Gasteiger partial charge in [0.2, 0.25) is 0 Å². The van der Waals surface area contributed by atoms with E-state index in [0.29, 0.717) is 5.65 Å². The zero-order chi connectivity index (χ0) is 14.0. The molecule has 0 saturated heterocycles. The lowest BCUT2D eigenvalue weighted by molar-refractivity contribution is -0.146. The first-order chi connectivity index (χ1) is 8.87. The lowest BCUT2D eigenvalue weighted by atomic mass is 10.2. The fraction of sp³-hybridized carbons (Fsp3) is 0.417. The van der Waals surface area contributed by atoms with E-state index in [2.05, 4.69) is 10.6 Å². The van der Waals surface area contributed by atoms with Crippen LogP contribution in [-0.2, 0) is 16.2 Å². The maximum absolute atomic E-state index is 11.9. The molecular formula is C12H16N4O3. The molecule has 0 aliphatic heterocycles. The summed E-state index contributed by atoms with van der Waals surface area (Å²) in [6.07, 6.45) is 1.60. The minimum Gasteiger partial charge on any atom is -0.271 e. The molecule has 19 heavy (non-hydrogen) atoms. The van der Waals surface area contributed by atoms with Gasteiger partial charge in [-0.15, -0.1) is 5.10 Å². The van der Waals surface area contributed by atoms with Gasteiger partial charge in [0.15, 0.2) is 5.65 Å². The number of nitrogens with one attached hydrogen (secondary N) is 1. The first-order valence-electron chi connectivity index (χ1n) is 5.88. The second kappa shape index (κ2) is 4.85. The fourth-order valence-corrected chi connectivity index (χ4v) is 1.45. The molecule has 102 valence electrons. The van der Waals surface area contributed by atoms with Crippen molar-refractivity contribution in [2.75, 3.05) is 0 Å². The van der Waals surface area contributed by atoms with Crippen LogP contribution in [-0.4, -0.2) is 25.7 Å². The van der Waals surface area contributed by atoms with Gasteiger partial charge in [-0.3, -0.25) is 14.0 Å². The average molecular weight is 264 g/mol. The van der Waals surface area contributed by atoms with Crippen LogP contribution in [0.3, 0.4) is 0 Å². The Kier molecular flexibility index (Phi) is 3.39. The van der Waals surface area contributed by atoms with Crippen LogP contribution in [0.1, 0.15) is 20.8 Å². The van der Waals surface area contributed by atoms with Crippen molar-refractivity contribution in [1.82, 2.24) is 19.7 Å². The molecule has 2 heterocycles. The molecule has 0 aromatic carbocycles. The number of rotatable bonds is 3. The van der Waals surface area contributed by atoms with Crippen molar-refractivity contribution in [2.45, 2.75) is 32.9 Å². The zero-order valence-electron chi connectivity index (χ0n) is 11.1. The van der Waals surface area contributed by atoms with Crippen molar-refractivity contribution < 1.29 is 9.63 Å². The highest BCUT2D eigenvalue weighted by Gasteiger charge is 2.14. The monoisotopic (exact) mass is 264 g/mol. The first kappa shape index (κ1) is 13.3. The predicted octanol–water partition coefficient (Wildman–Crippen LogP) is 0.342. The van der Waals surface area contributed by atoms with Gasteiger partial charge >= 0.3 is 5.69 Å². The molecule has 0 saturated carbocycles. The zero-order valence-corrected chi connectivity index (χ0v) is 11.1. The van der Waals surface area contributed by atoms with Crippen molar-refractivity contribution in [3.05, 3.63) is 34.9 Å². The standard InChI is InChI=1S/C12H16N4O3/c1-12(2,3)19-14-10(17)8-16-11(18)15-7-5-4-6-9(15)13-16/h4-7H,8H2,1-3H3,(H,14,17). The molecular weight excluding hydrogens is 248 g/mol. The fourth-order valence-electron chi connectivity index (χ4n) is 1.45. The minimum absolute atomic E-state index is 0.184. The van der Waals surface area contributed by atoms with E-state index in [4.69, 9.17) is 4.84 Å². The molecule has 0 radical (unpaired) electrons. The Bertz CT molecular complexity index is 651. The normalized spacial score (nSPS) is 11.7. The van der Waals surface area contributed by atoms with Gasteiger partial charge in [-0.25, -0.2) is 15.0 Å². The topological polar surface area (TPSA) is 77.6 Å². The third-order valence-corrected chi connectivity index (χ3v) is 2.25. The van der Waals surface area contributed by atoms with Crippen molar-refractivity contribution >= 4 is 11.6 Å². The highest BCUT2D eigenvalue weighted by atomic mass is 16.7. The van der Waals surface area contributed by atoms with Gasteiger partial charge in [0.05, 0.1) is 5.60 Å². The summed E-state index contributed by atoms with van der Waals surface area (Å²) in [5, 5.41) is 4.05. The van der Waals surface area contributed by atoms with Gasteiger partial charge < -0.3 is 0 Å². The number of amides is 1. The van der Waals surface area contributed by atoms with Crippen LogP contribution in [0.5, 0.6) is 0 Å². The van der Waals surface area contributed by atoms with Gasteiger partial charge in [0, 0.05) is 6.20 Å². The molecule has 0 spiro atoms. The maximum atomic E-state index is 11.9. The molecule has 2 aromatic heterocycles. The molecule has 0 aliphatic rings. The van der Waals surface area contributed by atoms with E-state index in [0.717, 1.165) is 4.68 Å². The minimum atomic E-state index is -0.487. The Morgan fingerprint density at radius 1 is 1.42 bits per heavy atom. The summed E-state index contributed by atoms with van der Waals surface area (Å²) in [5.74, 6) is -0.430. The summed E-state index contributed by atoms with van der Waals surface area (Å²) in [6, 6.07) is 5.19. The summed E-state index contributed by atoms with van der Waals surface area (Å²) in [7, 11) is 0. The smallest absolute Gasteiger partial charge is 0.271 e. The number of fused-ring (bicyclic) bond motifs is 1. The van der Waals surface area contributed by atoms with Gasteiger partial charge in [-0.05, 0) is 32.9 Å². The van der Waals surface area contributed by atoms with Crippen LogP contribution in [0, 0.1) is 0 Å². The summed E-state index contributed by atoms with van der Waals surface area (Å²) in [5.41, 5.74) is 1.95. The molecule has 2 aromatic rings. The summed E-state index contributed by atoms with van der Waals surface area (Å²) >= 11 is 0. The SMILES string of the molecule is CC(C)(C)ONC(=O)Cn1nc2ccccn2c1=O. The Hall–Kier alpha value is -2.15. The van der Waals surface area contributed by atoms with E-state index in [-0.39, 0.29) is 12.2 Å². The first-order valence-corrected chi connectivity index (χ1v) is 5.88. The third kappa shape index (κ3) is 3.19. The van der Waals surface area contributed by atoms with Crippen LogP contribution in [0.15, 0.2) is 29.2 Å². The third-order valence-electron chi connectivity index (χ3n) is 2.25. The van der Waals surface area contributed by atoms with Crippen molar-refractivity contribution in [2.24, 2.45) is 0 Å². The van der Waals surface area contributed by atoms with Crippen molar-refractivity contribution in [1.29, 1.82) is 0 Å². The van der Waals surface area contributed by atoms with E-state index >= 15 is 0 Å². The maximum Gasteiger partial charge on any atom is 0.350 e. The summed E-state index contributed by atoms with van der Waals surface area (Å²) in [4.78, 5) is 28.7. The molecule has 7 nitrogen and oxygen atoms in total. The van der Waals surface area contributed by atoms with E-state index in [1.54, 1.807) is 24.4 Å². The van der Waals surface area contributed by atoms with Crippen LogP contribution in [0.25, 0.3) is 5.65 Å². The molecule has 0 atom stereocenters. The van der Waals surface area contributed by atoms with E-state index in [1.165, 1.54) is 4.40 Å². The number of pyridine rings is 1. The highest BCUT2D eigenvalue weighted by molar-refractivity contribution is 5.74. The van der Waals surface area contributed by atoms with Crippen LogP contribution < -0.4 is 11.2 Å². The van der Waals surface area contributed by atoms with Gasteiger partial charge in [0.1, 0.15) is 6.54 Å². The molecule has 0 unspecified atom stereocenters. The lowest BCUT2D eigenvalue weighted by Crippen LogP contribution is -2.37. The number of nitrogens with zero attached hydrogens (tertiary/aromatic N) is 3. The second-order valence-corrected chi connectivity index (χ2v) is 5.11. The molecule has 2 rings (SSSR count). The van der Waals surface area contributed by atoms with Gasteiger partial charge in [-0.1, -0.05) is 6.07 Å². The second-order valence-electron chi connectivity index (χ2n) is 5.11. The Morgan fingerprint density at radius 2 is 2.16 bits per heavy atom. The quantitative estimate of drug-likeness (QED) is 0.811. The molecule has 1 N–H and O–H groups in total. The number of hydrogen-bond acceptors (Lipinski definition) is 4. The molecule has 0 fully saturated rings. The van der Waals surface area contributed by atoms with Crippen LogP contribution in [0.4, 0.5) is 0 Å². The van der Waals surface area contributed by atoms with E-state index in [9.17, 15) is 9.59 Å². The molecule has 0 aliphatic carbocycles. The number of aromatic nitrogens is 3. The molecule has 0 bridgehead atoms. The van der Waals surface area contributed by atoms with E-state index < -0.39 is 11.5 Å². The van der Waals surface area contributed by atoms with Crippen LogP contribution in [0.2, 0.25) is 0 Å². The Labute approximate surface area is 109 Å². The average Bonchev–Trinajstić information content (AvgIpc) is 2.64. The lowest BCUT2D eigenvalue weighted by Gasteiger charge is -2.18. The van der Waals surface area contributed by atoms with Crippen molar-refractivity contribution in [3.8, 4) is 0 Å². The van der Waals surface area contributed by atoms with Crippen LogP contribution >= 0.6 is 0 Å². The highest BCUT2D eigenvalue weighted by Crippen LogP contribution is 2.03. The number of hydroxylamine groups is 1. The summed E-state index contributed by atoms with van der Waals surface area (Å²) in [6.45, 7) is 5.25. The Morgan fingerprint density at radius 3 is 2.79 bits per heavy atom. The summed E-state index contributed by atoms with van der Waals surface area (Å²) < 4.78 is 2.47.